The molecule has 0 saturated carbocycles. The summed E-state index contributed by atoms with van der Waals surface area (Å²) >= 11 is 0. The van der Waals surface area contributed by atoms with Gasteiger partial charge in [-0.15, -0.1) is 0 Å². The Bertz CT molecular complexity index is 557. The van der Waals surface area contributed by atoms with Gasteiger partial charge in [-0.3, -0.25) is 4.79 Å². The molecule has 0 atom stereocenters. The number of hydrogen-bond donors (Lipinski definition) is 0. The molecule has 1 aliphatic rings. The topological polar surface area (TPSA) is 17.1 Å². The molecule has 2 aromatic carbocycles. The summed E-state index contributed by atoms with van der Waals surface area (Å²) in [5.41, 5.74) is 4.83. The van der Waals surface area contributed by atoms with E-state index in [2.05, 4.69) is 25.1 Å². The van der Waals surface area contributed by atoms with E-state index in [0.717, 1.165) is 30.1 Å². The minimum atomic E-state index is 0.829. The number of hydrogen-bond acceptors (Lipinski definition) is 1. The number of aldehydes is 1. The van der Waals surface area contributed by atoms with E-state index in [1.54, 1.807) is 0 Å². The molecule has 0 amide bonds. The van der Waals surface area contributed by atoms with Crippen LogP contribution in [-0.4, -0.2) is 6.29 Å². The Kier molecular flexibility index (Phi) is 1.69. The Morgan fingerprint density at radius 3 is 2.33 bits per heavy atom. The molecule has 1 aliphatic carbocycles. The van der Waals surface area contributed by atoms with Crippen molar-refractivity contribution in [2.45, 2.75) is 19.8 Å². The second-order valence-corrected chi connectivity index (χ2v) is 4.22. The highest BCUT2D eigenvalue weighted by Gasteiger charge is 2.16. The molecule has 0 fully saturated rings. The molecule has 2 aromatic rings. The molecule has 3 rings (SSSR count). The molecular formula is C14H12O. The van der Waals surface area contributed by atoms with Crippen molar-refractivity contribution in [3.05, 3.63) is 46.5 Å². The number of carbonyl (C=O) groups is 1. The minimum Gasteiger partial charge on any atom is -0.298 e. The first-order chi connectivity index (χ1) is 7.31. The van der Waals surface area contributed by atoms with E-state index in [9.17, 15) is 4.79 Å². The molecular weight excluding hydrogens is 184 g/mol. The maximum Gasteiger partial charge on any atom is 0.150 e. The average Bonchev–Trinajstić information content (AvgIpc) is 2.68. The highest BCUT2D eigenvalue weighted by atomic mass is 16.1. The van der Waals surface area contributed by atoms with Crippen LogP contribution in [0, 0.1) is 6.92 Å². The molecule has 0 heterocycles. The molecule has 0 aliphatic heterocycles. The molecule has 0 unspecified atom stereocenters. The lowest BCUT2D eigenvalue weighted by Gasteiger charge is -2.07. The van der Waals surface area contributed by atoms with E-state index in [-0.39, 0.29) is 0 Å². The van der Waals surface area contributed by atoms with E-state index >= 15 is 0 Å². The maximum absolute atomic E-state index is 11.0. The second-order valence-electron chi connectivity index (χ2n) is 4.22. The monoisotopic (exact) mass is 196 g/mol. The van der Waals surface area contributed by atoms with Crippen LogP contribution in [-0.2, 0) is 12.8 Å². The Morgan fingerprint density at radius 1 is 1.00 bits per heavy atom. The molecule has 0 N–H and O–H groups in total. The van der Waals surface area contributed by atoms with Crippen LogP contribution < -0.4 is 0 Å². The Balaban J connectivity index is 2.57. The van der Waals surface area contributed by atoms with Gasteiger partial charge in [0, 0.05) is 5.56 Å². The van der Waals surface area contributed by atoms with Gasteiger partial charge in [-0.05, 0) is 47.2 Å². The largest absolute Gasteiger partial charge is 0.298 e. The zero-order valence-corrected chi connectivity index (χ0v) is 8.71. The Morgan fingerprint density at radius 2 is 1.67 bits per heavy atom. The summed E-state index contributed by atoms with van der Waals surface area (Å²) in [6.07, 6.45) is 3.21. The predicted octanol–water partition coefficient (Wildman–Crippen LogP) is 3.06. The third kappa shape index (κ3) is 1.06. The molecule has 0 spiro atoms. The van der Waals surface area contributed by atoms with Crippen LogP contribution in [0.3, 0.4) is 0 Å². The fourth-order valence-corrected chi connectivity index (χ4v) is 2.63. The van der Waals surface area contributed by atoms with Gasteiger partial charge in [-0.2, -0.15) is 0 Å². The van der Waals surface area contributed by atoms with Gasteiger partial charge in [0.1, 0.15) is 0 Å². The van der Waals surface area contributed by atoms with Crippen molar-refractivity contribution in [1.29, 1.82) is 0 Å². The fourth-order valence-electron chi connectivity index (χ4n) is 2.63. The van der Waals surface area contributed by atoms with Crippen LogP contribution in [0.4, 0.5) is 0 Å². The van der Waals surface area contributed by atoms with Crippen LogP contribution in [0.1, 0.15) is 27.0 Å². The van der Waals surface area contributed by atoms with Crippen molar-refractivity contribution in [3.63, 3.8) is 0 Å². The summed E-state index contributed by atoms with van der Waals surface area (Å²) in [4.78, 5) is 11.0. The van der Waals surface area contributed by atoms with Gasteiger partial charge in [0.15, 0.2) is 6.29 Å². The lowest BCUT2D eigenvalue weighted by Crippen LogP contribution is -1.89. The first kappa shape index (κ1) is 8.66. The molecule has 74 valence electrons. The smallest absolute Gasteiger partial charge is 0.150 e. The minimum absolute atomic E-state index is 0.829. The van der Waals surface area contributed by atoms with Gasteiger partial charge in [-0.25, -0.2) is 0 Å². The normalized spacial score (nSPS) is 13.4. The van der Waals surface area contributed by atoms with Gasteiger partial charge < -0.3 is 0 Å². The predicted molar refractivity (Wildman–Crippen MR) is 61.5 cm³/mol. The van der Waals surface area contributed by atoms with Gasteiger partial charge in [-0.1, -0.05) is 24.3 Å². The highest BCUT2D eigenvalue weighted by molar-refractivity contribution is 6.03. The van der Waals surface area contributed by atoms with Gasteiger partial charge in [0.25, 0.3) is 0 Å². The summed E-state index contributed by atoms with van der Waals surface area (Å²) in [6.45, 7) is 2.08. The van der Waals surface area contributed by atoms with E-state index < -0.39 is 0 Å². The summed E-state index contributed by atoms with van der Waals surface area (Å²) in [5, 5.41) is 2.50. The van der Waals surface area contributed by atoms with Gasteiger partial charge >= 0.3 is 0 Å². The van der Waals surface area contributed by atoms with E-state index in [0.29, 0.717) is 0 Å². The third-order valence-electron chi connectivity index (χ3n) is 3.36. The molecule has 0 saturated heterocycles. The summed E-state index contributed by atoms with van der Waals surface area (Å²) in [5.74, 6) is 0. The summed E-state index contributed by atoms with van der Waals surface area (Å²) < 4.78 is 0. The molecule has 0 radical (unpaired) electrons. The Hall–Kier alpha value is -1.63. The number of benzene rings is 2. The first-order valence-electron chi connectivity index (χ1n) is 5.30. The van der Waals surface area contributed by atoms with Crippen LogP contribution in [0.2, 0.25) is 0 Å². The molecule has 1 heteroatoms. The van der Waals surface area contributed by atoms with Crippen LogP contribution in [0.15, 0.2) is 24.3 Å². The second kappa shape index (κ2) is 2.93. The zero-order valence-electron chi connectivity index (χ0n) is 8.71. The van der Waals surface area contributed by atoms with Crippen LogP contribution >= 0.6 is 0 Å². The number of rotatable bonds is 1. The molecule has 0 aromatic heterocycles. The number of carbonyl (C=O) groups excluding carboxylic acids is 1. The molecule has 15 heavy (non-hydrogen) atoms. The lowest BCUT2D eigenvalue weighted by molar-refractivity contribution is 0.112. The van der Waals surface area contributed by atoms with Crippen molar-refractivity contribution in [2.75, 3.05) is 0 Å². The molecule has 0 bridgehead atoms. The summed E-state index contributed by atoms with van der Waals surface area (Å²) in [6, 6.07) is 8.37. The first-order valence-corrected chi connectivity index (χ1v) is 5.30. The van der Waals surface area contributed by atoms with Gasteiger partial charge in [0.05, 0.1) is 0 Å². The van der Waals surface area contributed by atoms with Crippen LogP contribution in [0.25, 0.3) is 10.8 Å². The van der Waals surface area contributed by atoms with Gasteiger partial charge in [0.2, 0.25) is 0 Å². The van der Waals surface area contributed by atoms with E-state index in [4.69, 9.17) is 0 Å². The quantitative estimate of drug-likeness (QED) is 0.641. The van der Waals surface area contributed by atoms with E-state index in [1.807, 2.05) is 6.07 Å². The average molecular weight is 196 g/mol. The van der Waals surface area contributed by atoms with Crippen molar-refractivity contribution in [3.8, 4) is 0 Å². The van der Waals surface area contributed by atoms with Crippen molar-refractivity contribution < 1.29 is 4.79 Å². The number of aryl methyl sites for hydroxylation is 3. The zero-order chi connectivity index (χ0) is 10.4. The summed E-state index contributed by atoms with van der Waals surface area (Å²) in [7, 11) is 0. The fraction of sp³-hybridized carbons (Fsp3) is 0.214. The Labute approximate surface area is 88.7 Å². The third-order valence-corrected chi connectivity index (χ3v) is 3.36. The van der Waals surface area contributed by atoms with Crippen molar-refractivity contribution in [2.24, 2.45) is 0 Å². The molecule has 1 nitrogen and oxygen atoms in total. The van der Waals surface area contributed by atoms with Crippen molar-refractivity contribution >= 4 is 17.1 Å². The van der Waals surface area contributed by atoms with Crippen molar-refractivity contribution in [1.82, 2.24) is 0 Å². The lowest BCUT2D eigenvalue weighted by atomic mass is 9.97. The van der Waals surface area contributed by atoms with E-state index in [1.165, 1.54) is 22.1 Å². The highest BCUT2D eigenvalue weighted by Crippen LogP contribution is 2.34. The standard InChI is InChI=1S/C14H12O/c1-9-2-3-10-4-5-11-6-7-12(8-15)13(9)14(10)11/h2-3,6-8H,4-5H2,1H3. The SMILES string of the molecule is Cc1ccc2c3c(ccc(C=O)c13)CC2. The maximum atomic E-state index is 11.0. The van der Waals surface area contributed by atoms with Crippen LogP contribution in [0.5, 0.6) is 0 Å².